The van der Waals surface area contributed by atoms with Crippen molar-refractivity contribution in [1.29, 1.82) is 0 Å². The van der Waals surface area contributed by atoms with Gasteiger partial charge in [-0.05, 0) is 33.6 Å². The number of nitrogens with one attached hydrogen (secondary N) is 1. The predicted molar refractivity (Wildman–Crippen MR) is 64.0 cm³/mol. The van der Waals surface area contributed by atoms with Gasteiger partial charge in [-0.1, -0.05) is 0 Å². The molecular weight excluding hydrogens is 240 g/mol. The molecule has 0 aromatic carbocycles. The average molecular weight is 260 g/mol. The molecule has 0 bridgehead atoms. The molecular formula is C11H20N2O5. The van der Waals surface area contributed by atoms with Crippen molar-refractivity contribution in [1.82, 2.24) is 5.32 Å². The van der Waals surface area contributed by atoms with E-state index >= 15 is 0 Å². The first kappa shape index (κ1) is 14.7. The summed E-state index contributed by atoms with van der Waals surface area (Å²) in [5, 5.41) is 13.0. The van der Waals surface area contributed by atoms with Gasteiger partial charge in [0.15, 0.2) is 0 Å². The van der Waals surface area contributed by atoms with Crippen molar-refractivity contribution in [3.8, 4) is 0 Å². The van der Waals surface area contributed by atoms with Crippen LogP contribution < -0.4 is 5.32 Å². The summed E-state index contributed by atoms with van der Waals surface area (Å²) in [6, 6.07) is -0.136. The maximum atomic E-state index is 11.5. The highest BCUT2D eigenvalue weighted by molar-refractivity contribution is 5.68. The van der Waals surface area contributed by atoms with Crippen LogP contribution in [0.5, 0.6) is 0 Å². The Labute approximate surface area is 106 Å². The number of ether oxygens (including phenoxy) is 2. The quantitative estimate of drug-likeness (QED) is 0.610. The number of alkyl carbamates (subject to hydrolysis) is 1. The summed E-state index contributed by atoms with van der Waals surface area (Å²) in [6.45, 7) is 5.47. The third kappa shape index (κ3) is 5.81. The van der Waals surface area contributed by atoms with Crippen molar-refractivity contribution < 1.29 is 19.2 Å². The molecule has 0 radical (unpaired) electrons. The molecule has 0 saturated carbocycles. The summed E-state index contributed by atoms with van der Waals surface area (Å²) < 4.78 is 10.4. The fraction of sp³-hybridized carbons (Fsp3) is 0.909. The molecule has 18 heavy (non-hydrogen) atoms. The lowest BCUT2D eigenvalue weighted by molar-refractivity contribution is -0.492. The minimum atomic E-state index is -0.534. The normalized spacial score (nSPS) is 24.4. The number of rotatable bonds is 3. The van der Waals surface area contributed by atoms with Crippen molar-refractivity contribution in [3.63, 3.8) is 0 Å². The van der Waals surface area contributed by atoms with E-state index in [1.165, 1.54) is 0 Å². The van der Waals surface area contributed by atoms with E-state index in [-0.39, 0.29) is 30.2 Å². The molecule has 7 nitrogen and oxygen atoms in total. The highest BCUT2D eigenvalue weighted by Gasteiger charge is 2.27. The minimum absolute atomic E-state index is 0.136. The highest BCUT2D eigenvalue weighted by atomic mass is 16.6. The maximum absolute atomic E-state index is 11.5. The Bertz CT molecular complexity index is 305. The number of nitrogens with zero attached hydrogens (tertiary/aromatic N) is 1. The van der Waals surface area contributed by atoms with E-state index in [4.69, 9.17) is 9.47 Å². The molecule has 1 fully saturated rings. The van der Waals surface area contributed by atoms with Crippen LogP contribution in [-0.2, 0) is 9.47 Å². The Morgan fingerprint density at radius 3 is 2.61 bits per heavy atom. The number of hydrogen-bond donors (Lipinski definition) is 1. The number of carbonyl (C=O) groups excluding carboxylic acids is 1. The Hall–Kier alpha value is -1.37. The second kappa shape index (κ2) is 5.99. The Morgan fingerprint density at radius 2 is 2.17 bits per heavy atom. The van der Waals surface area contributed by atoms with E-state index in [1.807, 2.05) is 0 Å². The van der Waals surface area contributed by atoms with Gasteiger partial charge in [-0.2, -0.15) is 0 Å². The lowest BCUT2D eigenvalue weighted by atomic mass is 10.1. The Morgan fingerprint density at radius 1 is 1.50 bits per heavy atom. The molecule has 0 spiro atoms. The van der Waals surface area contributed by atoms with Crippen molar-refractivity contribution in [2.45, 2.75) is 51.4 Å². The third-order valence-corrected chi connectivity index (χ3v) is 2.44. The molecule has 1 heterocycles. The van der Waals surface area contributed by atoms with Gasteiger partial charge in [0.2, 0.25) is 6.54 Å². The number of carbonyl (C=O) groups is 1. The molecule has 1 saturated heterocycles. The first-order chi connectivity index (χ1) is 8.26. The van der Waals surface area contributed by atoms with Crippen molar-refractivity contribution in [2.24, 2.45) is 0 Å². The lowest BCUT2D eigenvalue weighted by Gasteiger charge is -2.28. The van der Waals surface area contributed by atoms with Gasteiger partial charge in [0.25, 0.3) is 0 Å². The molecule has 0 aromatic rings. The van der Waals surface area contributed by atoms with E-state index in [0.29, 0.717) is 12.8 Å². The average Bonchev–Trinajstić information content (AvgIpc) is 2.17. The van der Waals surface area contributed by atoms with Crippen LogP contribution in [0, 0.1) is 10.1 Å². The summed E-state index contributed by atoms with van der Waals surface area (Å²) in [5.74, 6) is 0. The van der Waals surface area contributed by atoms with Gasteiger partial charge in [0, 0.05) is 4.92 Å². The molecule has 1 amide bonds. The molecule has 0 aromatic heterocycles. The Kier molecular flexibility index (Phi) is 4.89. The second-order valence-electron chi connectivity index (χ2n) is 5.39. The largest absolute Gasteiger partial charge is 0.444 e. The fourth-order valence-corrected chi connectivity index (χ4v) is 1.70. The maximum Gasteiger partial charge on any atom is 0.407 e. The van der Waals surface area contributed by atoms with E-state index in [1.54, 1.807) is 20.8 Å². The first-order valence-electron chi connectivity index (χ1n) is 5.99. The SMILES string of the molecule is CC(C)(C)OC(=O)NC1CCC(C[N+](=O)[O-])OC1. The second-order valence-corrected chi connectivity index (χ2v) is 5.39. The van der Waals surface area contributed by atoms with Crippen LogP contribution in [0.3, 0.4) is 0 Å². The van der Waals surface area contributed by atoms with E-state index in [0.717, 1.165) is 0 Å². The van der Waals surface area contributed by atoms with Gasteiger partial charge < -0.3 is 14.8 Å². The first-order valence-corrected chi connectivity index (χ1v) is 5.99. The zero-order chi connectivity index (χ0) is 13.8. The van der Waals surface area contributed by atoms with Crippen molar-refractivity contribution >= 4 is 6.09 Å². The third-order valence-electron chi connectivity index (χ3n) is 2.44. The summed E-state index contributed by atoms with van der Waals surface area (Å²) in [7, 11) is 0. The zero-order valence-corrected chi connectivity index (χ0v) is 11.0. The van der Waals surface area contributed by atoms with Crippen LogP contribution in [0.1, 0.15) is 33.6 Å². The van der Waals surface area contributed by atoms with Gasteiger partial charge in [-0.25, -0.2) is 4.79 Å². The fourth-order valence-electron chi connectivity index (χ4n) is 1.70. The summed E-state index contributed by atoms with van der Waals surface area (Å²) in [6.07, 6.45) is 0.402. The Balaban J connectivity index is 2.27. The van der Waals surface area contributed by atoms with Crippen LogP contribution >= 0.6 is 0 Å². The summed E-state index contributed by atoms with van der Waals surface area (Å²) in [5.41, 5.74) is -0.534. The van der Waals surface area contributed by atoms with E-state index in [2.05, 4.69) is 5.32 Å². The topological polar surface area (TPSA) is 90.7 Å². The van der Waals surface area contributed by atoms with Gasteiger partial charge >= 0.3 is 6.09 Å². The van der Waals surface area contributed by atoms with Gasteiger partial charge in [-0.3, -0.25) is 10.1 Å². The molecule has 104 valence electrons. The van der Waals surface area contributed by atoms with Gasteiger partial charge in [-0.15, -0.1) is 0 Å². The number of hydrogen-bond acceptors (Lipinski definition) is 5. The predicted octanol–water partition coefficient (Wildman–Crippen LogP) is 1.34. The molecule has 1 aliphatic rings. The molecule has 1 rings (SSSR count). The smallest absolute Gasteiger partial charge is 0.407 e. The molecule has 1 N–H and O–H groups in total. The zero-order valence-electron chi connectivity index (χ0n) is 11.0. The highest BCUT2D eigenvalue weighted by Crippen LogP contribution is 2.14. The monoisotopic (exact) mass is 260 g/mol. The van der Waals surface area contributed by atoms with Gasteiger partial charge in [0.1, 0.15) is 11.7 Å². The van der Waals surface area contributed by atoms with Crippen molar-refractivity contribution in [2.75, 3.05) is 13.2 Å². The molecule has 2 atom stereocenters. The van der Waals surface area contributed by atoms with Crippen LogP contribution in [0.15, 0.2) is 0 Å². The van der Waals surface area contributed by atoms with Crippen LogP contribution in [0.25, 0.3) is 0 Å². The standard InChI is InChI=1S/C11H20N2O5/c1-11(2,3)18-10(14)12-8-4-5-9(17-7-8)6-13(15)16/h8-9H,4-7H2,1-3H3,(H,12,14). The minimum Gasteiger partial charge on any atom is -0.444 e. The van der Waals surface area contributed by atoms with Crippen LogP contribution in [0.2, 0.25) is 0 Å². The number of nitro groups is 1. The van der Waals surface area contributed by atoms with Crippen LogP contribution in [-0.4, -0.2) is 41.9 Å². The molecule has 7 heteroatoms. The summed E-state index contributed by atoms with van der Waals surface area (Å²) in [4.78, 5) is 21.4. The number of amides is 1. The summed E-state index contributed by atoms with van der Waals surface area (Å²) >= 11 is 0. The molecule has 0 aliphatic carbocycles. The van der Waals surface area contributed by atoms with Crippen molar-refractivity contribution in [3.05, 3.63) is 10.1 Å². The van der Waals surface area contributed by atoms with E-state index < -0.39 is 11.7 Å². The van der Waals surface area contributed by atoms with Gasteiger partial charge in [0.05, 0.1) is 12.6 Å². The van der Waals surface area contributed by atoms with Crippen LogP contribution in [0.4, 0.5) is 4.79 Å². The lowest BCUT2D eigenvalue weighted by Crippen LogP contribution is -2.45. The molecule has 1 aliphatic heterocycles. The van der Waals surface area contributed by atoms with E-state index in [9.17, 15) is 14.9 Å². The molecule has 2 unspecified atom stereocenters.